The molecular weight excluding hydrogens is 308 g/mol. The lowest BCUT2D eigenvalue weighted by molar-refractivity contribution is 0.401. The Labute approximate surface area is 142 Å². The minimum atomic E-state index is 0.139. The lowest BCUT2D eigenvalue weighted by Crippen LogP contribution is -2.19. The van der Waals surface area contributed by atoms with Gasteiger partial charge in [0, 0.05) is 18.5 Å². The van der Waals surface area contributed by atoms with Crippen molar-refractivity contribution in [1.29, 1.82) is 0 Å². The number of nitrogens with one attached hydrogen (secondary N) is 1. The molecule has 2 N–H and O–H groups in total. The molecule has 124 valence electrons. The van der Waals surface area contributed by atoms with Crippen molar-refractivity contribution < 1.29 is 5.11 Å². The second kappa shape index (κ2) is 8.06. The molecule has 0 unspecified atom stereocenters. The maximum absolute atomic E-state index is 10.5. The highest BCUT2D eigenvalue weighted by Gasteiger charge is 2.16. The van der Waals surface area contributed by atoms with Gasteiger partial charge in [-0.3, -0.25) is 0 Å². The molecule has 0 atom stereocenters. The Hall–Kier alpha value is -1.95. The number of unbranched alkanes of at least 4 members (excludes halogenated alkanes) is 1. The Morgan fingerprint density at radius 1 is 1.35 bits per heavy atom. The Kier molecular flexibility index (Phi) is 6.10. The standard InChI is InChI=1S/C17H24N4OS/c1-4-5-10-18-17(23)20-19-15-13-8-6-7-9-14(13)21(16(15)22)11-12(2)3/h6-9,12,22H,4-5,10-11H2,1-3H3,(H,18,23). The SMILES string of the molecule is CCCCNC(=S)N=Nc1c(O)n(CC(C)C)c2ccccc12. The molecular formula is C17H24N4OS. The van der Waals surface area contributed by atoms with E-state index in [4.69, 9.17) is 12.2 Å². The lowest BCUT2D eigenvalue weighted by Gasteiger charge is -2.09. The van der Waals surface area contributed by atoms with Crippen LogP contribution >= 0.6 is 12.2 Å². The second-order valence-corrected chi connectivity index (χ2v) is 6.37. The summed E-state index contributed by atoms with van der Waals surface area (Å²) in [5.41, 5.74) is 1.43. The molecule has 0 amide bonds. The molecule has 1 aromatic heterocycles. The van der Waals surface area contributed by atoms with E-state index < -0.39 is 0 Å². The second-order valence-electron chi connectivity index (χ2n) is 5.98. The molecule has 0 aliphatic heterocycles. The van der Waals surface area contributed by atoms with Crippen LogP contribution in [0.5, 0.6) is 5.88 Å². The third kappa shape index (κ3) is 4.28. The minimum Gasteiger partial charge on any atom is -0.493 e. The van der Waals surface area contributed by atoms with Gasteiger partial charge in [-0.25, -0.2) is 0 Å². The third-order valence-electron chi connectivity index (χ3n) is 3.51. The fourth-order valence-corrected chi connectivity index (χ4v) is 2.57. The van der Waals surface area contributed by atoms with Crippen LogP contribution in [0, 0.1) is 5.92 Å². The van der Waals surface area contributed by atoms with E-state index in [1.165, 1.54) is 0 Å². The number of aromatic nitrogens is 1. The normalized spacial score (nSPS) is 11.7. The van der Waals surface area contributed by atoms with Crippen molar-refractivity contribution in [2.24, 2.45) is 16.1 Å². The first-order chi connectivity index (χ1) is 11.0. The first kappa shape index (κ1) is 17.4. The zero-order valence-corrected chi connectivity index (χ0v) is 14.7. The monoisotopic (exact) mass is 332 g/mol. The topological polar surface area (TPSA) is 61.9 Å². The average molecular weight is 332 g/mol. The summed E-state index contributed by atoms with van der Waals surface area (Å²) in [6, 6.07) is 7.80. The average Bonchev–Trinajstić information content (AvgIpc) is 2.78. The molecule has 0 fully saturated rings. The van der Waals surface area contributed by atoms with Crippen LogP contribution in [0.1, 0.15) is 33.6 Å². The van der Waals surface area contributed by atoms with Gasteiger partial charge in [-0.2, -0.15) is 0 Å². The van der Waals surface area contributed by atoms with Gasteiger partial charge in [-0.05, 0) is 30.6 Å². The molecule has 1 heterocycles. The molecule has 23 heavy (non-hydrogen) atoms. The van der Waals surface area contributed by atoms with Crippen molar-refractivity contribution in [2.45, 2.75) is 40.2 Å². The van der Waals surface area contributed by atoms with Gasteiger partial charge in [-0.15, -0.1) is 10.2 Å². The molecule has 2 aromatic rings. The van der Waals surface area contributed by atoms with E-state index in [0.717, 1.165) is 36.8 Å². The number of fused-ring (bicyclic) bond motifs is 1. The number of aromatic hydroxyl groups is 1. The highest BCUT2D eigenvalue weighted by atomic mass is 32.1. The van der Waals surface area contributed by atoms with Crippen LogP contribution in [0.4, 0.5) is 5.69 Å². The predicted octanol–water partition coefficient (Wildman–Crippen LogP) is 4.76. The summed E-state index contributed by atoms with van der Waals surface area (Å²) in [5.74, 6) is 0.554. The summed E-state index contributed by atoms with van der Waals surface area (Å²) < 4.78 is 1.88. The summed E-state index contributed by atoms with van der Waals surface area (Å²) in [6.45, 7) is 7.86. The molecule has 0 aliphatic rings. The van der Waals surface area contributed by atoms with E-state index in [9.17, 15) is 5.11 Å². The Morgan fingerprint density at radius 3 is 2.78 bits per heavy atom. The molecule has 0 spiro atoms. The Bertz CT molecular complexity index is 706. The van der Waals surface area contributed by atoms with Gasteiger partial charge in [0.05, 0.1) is 5.52 Å². The van der Waals surface area contributed by atoms with Crippen LogP contribution in [-0.4, -0.2) is 21.3 Å². The van der Waals surface area contributed by atoms with Crippen LogP contribution in [0.15, 0.2) is 34.5 Å². The third-order valence-corrected chi connectivity index (χ3v) is 3.74. The highest BCUT2D eigenvalue weighted by Crippen LogP contribution is 2.39. The van der Waals surface area contributed by atoms with Gasteiger partial charge in [0.1, 0.15) is 0 Å². The lowest BCUT2D eigenvalue weighted by atomic mass is 10.2. The first-order valence-corrected chi connectivity index (χ1v) is 8.45. The Morgan fingerprint density at radius 2 is 2.09 bits per heavy atom. The summed E-state index contributed by atoms with van der Waals surface area (Å²) in [5, 5.41) is 23.0. The fraction of sp³-hybridized carbons (Fsp3) is 0.471. The highest BCUT2D eigenvalue weighted by molar-refractivity contribution is 7.80. The largest absolute Gasteiger partial charge is 0.493 e. The van der Waals surface area contributed by atoms with Crippen LogP contribution in [0.25, 0.3) is 10.9 Å². The van der Waals surface area contributed by atoms with Gasteiger partial charge in [0.2, 0.25) is 11.0 Å². The van der Waals surface area contributed by atoms with Crippen molar-refractivity contribution in [1.82, 2.24) is 9.88 Å². The molecule has 2 rings (SSSR count). The van der Waals surface area contributed by atoms with Crippen LogP contribution in [0.3, 0.4) is 0 Å². The zero-order chi connectivity index (χ0) is 16.8. The molecule has 0 radical (unpaired) electrons. The maximum Gasteiger partial charge on any atom is 0.220 e. The van der Waals surface area contributed by atoms with E-state index in [-0.39, 0.29) is 5.88 Å². The van der Waals surface area contributed by atoms with Gasteiger partial charge in [0.25, 0.3) is 0 Å². The van der Waals surface area contributed by atoms with E-state index in [2.05, 4.69) is 36.3 Å². The van der Waals surface area contributed by atoms with Crippen molar-refractivity contribution in [3.05, 3.63) is 24.3 Å². The predicted molar refractivity (Wildman–Crippen MR) is 98.5 cm³/mol. The molecule has 0 bridgehead atoms. The molecule has 0 aliphatic carbocycles. The zero-order valence-electron chi connectivity index (χ0n) is 13.9. The van der Waals surface area contributed by atoms with Gasteiger partial charge in [-0.1, -0.05) is 45.4 Å². The molecule has 0 saturated heterocycles. The number of nitrogens with zero attached hydrogens (tertiary/aromatic N) is 3. The number of azo groups is 1. The Balaban J connectivity index is 2.30. The van der Waals surface area contributed by atoms with E-state index in [1.54, 1.807) is 0 Å². The maximum atomic E-state index is 10.5. The smallest absolute Gasteiger partial charge is 0.220 e. The van der Waals surface area contributed by atoms with E-state index in [0.29, 0.717) is 16.7 Å². The number of rotatable bonds is 6. The number of thiocarbonyl (C=S) groups is 1. The van der Waals surface area contributed by atoms with Crippen LogP contribution in [0.2, 0.25) is 0 Å². The van der Waals surface area contributed by atoms with Crippen molar-refractivity contribution in [2.75, 3.05) is 6.54 Å². The van der Waals surface area contributed by atoms with Gasteiger partial charge < -0.3 is 15.0 Å². The van der Waals surface area contributed by atoms with Crippen molar-refractivity contribution in [3.63, 3.8) is 0 Å². The van der Waals surface area contributed by atoms with E-state index >= 15 is 0 Å². The van der Waals surface area contributed by atoms with Crippen molar-refractivity contribution in [3.8, 4) is 5.88 Å². The number of para-hydroxylation sites is 1. The van der Waals surface area contributed by atoms with Gasteiger partial charge in [0.15, 0.2) is 5.69 Å². The summed E-state index contributed by atoms with van der Waals surface area (Å²) >= 11 is 5.15. The van der Waals surface area contributed by atoms with E-state index in [1.807, 2.05) is 28.8 Å². The van der Waals surface area contributed by atoms with Gasteiger partial charge >= 0.3 is 0 Å². The minimum absolute atomic E-state index is 0.139. The number of benzene rings is 1. The number of hydrogen-bond donors (Lipinski definition) is 2. The molecule has 5 nitrogen and oxygen atoms in total. The van der Waals surface area contributed by atoms with Crippen molar-refractivity contribution >= 4 is 33.9 Å². The van der Waals surface area contributed by atoms with Crippen LogP contribution in [-0.2, 0) is 6.54 Å². The fourth-order valence-electron chi connectivity index (χ4n) is 2.42. The summed E-state index contributed by atoms with van der Waals surface area (Å²) in [7, 11) is 0. The molecule has 6 heteroatoms. The summed E-state index contributed by atoms with van der Waals surface area (Å²) in [4.78, 5) is 0. The number of hydrogen-bond acceptors (Lipinski definition) is 3. The van der Waals surface area contributed by atoms with Crippen LogP contribution < -0.4 is 5.32 Å². The molecule has 0 saturated carbocycles. The summed E-state index contributed by atoms with van der Waals surface area (Å²) in [6.07, 6.45) is 2.13. The molecule has 1 aromatic carbocycles. The first-order valence-electron chi connectivity index (χ1n) is 8.04. The quantitative estimate of drug-likeness (QED) is 0.455.